The molecule has 5 amide bonds. The first-order valence-electron chi connectivity index (χ1n) is 15.7. The zero-order valence-corrected chi connectivity index (χ0v) is 28.6. The molecule has 0 radical (unpaired) electrons. The van der Waals surface area contributed by atoms with E-state index in [0.29, 0.717) is 34.1 Å². The molecule has 4 aromatic carbocycles. The molecule has 0 atom stereocenters. The molecule has 0 aliphatic rings. The molecule has 4 aromatic rings. The number of likely N-dealkylation sites (N-methyl/N-ethyl adjacent to an activating group) is 2. The predicted octanol–water partition coefficient (Wildman–Crippen LogP) is 4.19. The molecule has 14 nitrogen and oxygen atoms in total. The number of methoxy groups -OCH3 is 2. The third-order valence-electron chi connectivity index (χ3n) is 7.67. The summed E-state index contributed by atoms with van der Waals surface area (Å²) in [6.45, 7) is -1.23. The van der Waals surface area contributed by atoms with E-state index in [1.54, 1.807) is 93.0 Å². The number of rotatable bonds is 15. The minimum atomic E-state index is -1.02. The van der Waals surface area contributed by atoms with Gasteiger partial charge in [0.25, 0.3) is 5.91 Å². The molecule has 0 saturated heterocycles. The number of aliphatic carboxylic acids is 1. The Morgan fingerprint density at radius 1 is 0.706 bits per heavy atom. The Morgan fingerprint density at radius 2 is 1.43 bits per heavy atom. The van der Waals surface area contributed by atoms with Crippen molar-refractivity contribution in [3.05, 3.63) is 103 Å². The maximum atomic E-state index is 13.6. The van der Waals surface area contributed by atoms with Gasteiger partial charge in [-0.1, -0.05) is 36.4 Å². The number of carboxylic acids is 1. The van der Waals surface area contributed by atoms with E-state index >= 15 is 0 Å². The second-order valence-electron chi connectivity index (χ2n) is 11.1. The van der Waals surface area contributed by atoms with Crippen molar-refractivity contribution in [2.24, 2.45) is 0 Å². The van der Waals surface area contributed by atoms with Crippen molar-refractivity contribution in [1.82, 2.24) is 5.32 Å². The molecule has 0 aromatic heterocycles. The van der Waals surface area contributed by atoms with Crippen LogP contribution in [0.5, 0.6) is 17.2 Å². The van der Waals surface area contributed by atoms with Gasteiger partial charge in [0.15, 0.2) is 6.61 Å². The molecule has 3 N–H and O–H groups in total. The van der Waals surface area contributed by atoms with E-state index < -0.39 is 36.3 Å². The number of nitrogens with zero attached hydrogens (tertiary/aromatic N) is 3. The first-order chi connectivity index (χ1) is 24.5. The van der Waals surface area contributed by atoms with Gasteiger partial charge in [0.1, 0.15) is 23.8 Å². The number of hydrogen-bond donors (Lipinski definition) is 3. The van der Waals surface area contributed by atoms with Crippen molar-refractivity contribution in [2.75, 3.05) is 68.0 Å². The molecule has 14 heteroatoms. The highest BCUT2D eigenvalue weighted by molar-refractivity contribution is 6.05. The molecule has 266 valence electrons. The highest BCUT2D eigenvalue weighted by atomic mass is 16.5. The van der Waals surface area contributed by atoms with Gasteiger partial charge >= 0.3 is 12.0 Å². The van der Waals surface area contributed by atoms with Gasteiger partial charge < -0.3 is 44.7 Å². The third kappa shape index (κ3) is 10.5. The molecule has 0 aliphatic heterocycles. The second kappa shape index (κ2) is 17.7. The molecule has 0 fully saturated rings. The van der Waals surface area contributed by atoms with Crippen LogP contribution in [-0.4, -0.2) is 82.8 Å². The lowest BCUT2D eigenvalue weighted by Crippen LogP contribution is -2.46. The largest absolute Gasteiger partial charge is 0.497 e. The Labute approximate surface area is 295 Å². The van der Waals surface area contributed by atoms with Crippen LogP contribution in [0.4, 0.5) is 27.5 Å². The van der Waals surface area contributed by atoms with Crippen molar-refractivity contribution < 1.29 is 43.3 Å². The lowest BCUT2D eigenvalue weighted by molar-refractivity contribution is -0.136. The predicted molar refractivity (Wildman–Crippen MR) is 192 cm³/mol. The van der Waals surface area contributed by atoms with Crippen LogP contribution in [0.2, 0.25) is 0 Å². The minimum Gasteiger partial charge on any atom is -0.497 e. The average Bonchev–Trinajstić information content (AvgIpc) is 3.14. The first-order valence-corrected chi connectivity index (χ1v) is 15.7. The molecular weight excluding hydrogens is 658 g/mol. The molecule has 0 heterocycles. The fourth-order valence-corrected chi connectivity index (χ4v) is 4.90. The van der Waals surface area contributed by atoms with Gasteiger partial charge in [0.05, 0.1) is 32.9 Å². The van der Waals surface area contributed by atoms with Crippen LogP contribution < -0.4 is 39.5 Å². The van der Waals surface area contributed by atoms with Crippen molar-refractivity contribution in [1.29, 1.82) is 0 Å². The SMILES string of the molecule is COc1ccc(OC)c(N(C)C(=O)COc2cccc(N(CC(=O)N(C)c3ccccc3)C(=O)CNC(=O)Nc3cccc(CC(=O)O)c3)c2)c1. The zero-order chi connectivity index (χ0) is 36.9. The number of carbonyl (C=O) groups is 5. The summed E-state index contributed by atoms with van der Waals surface area (Å²) in [4.78, 5) is 67.9. The van der Waals surface area contributed by atoms with Crippen LogP contribution in [-0.2, 0) is 25.6 Å². The maximum Gasteiger partial charge on any atom is 0.319 e. The van der Waals surface area contributed by atoms with E-state index in [1.165, 1.54) is 41.1 Å². The van der Waals surface area contributed by atoms with E-state index in [-0.39, 0.29) is 31.0 Å². The second-order valence-corrected chi connectivity index (χ2v) is 11.1. The van der Waals surface area contributed by atoms with Gasteiger partial charge in [-0.2, -0.15) is 0 Å². The quantitative estimate of drug-likeness (QED) is 0.165. The van der Waals surface area contributed by atoms with Crippen molar-refractivity contribution in [3.63, 3.8) is 0 Å². The molecule has 0 aliphatic carbocycles. The molecule has 0 unspecified atom stereocenters. The molecule has 0 spiro atoms. The summed E-state index contributed by atoms with van der Waals surface area (Å²) in [5.41, 5.74) is 2.20. The number of carbonyl (C=O) groups excluding carboxylic acids is 4. The number of para-hydroxylation sites is 1. The first kappa shape index (κ1) is 37.3. The highest BCUT2D eigenvalue weighted by Gasteiger charge is 2.24. The lowest BCUT2D eigenvalue weighted by atomic mass is 10.1. The Hall–Kier alpha value is -6.57. The smallest absolute Gasteiger partial charge is 0.319 e. The summed E-state index contributed by atoms with van der Waals surface area (Å²) < 4.78 is 16.5. The minimum absolute atomic E-state index is 0.222. The van der Waals surface area contributed by atoms with Crippen LogP contribution in [0.15, 0.2) is 97.1 Å². The summed E-state index contributed by atoms with van der Waals surface area (Å²) in [6.07, 6.45) is -0.222. The monoisotopic (exact) mass is 697 g/mol. The number of ether oxygens (including phenoxy) is 3. The van der Waals surface area contributed by atoms with Gasteiger partial charge in [-0.25, -0.2) is 4.79 Å². The van der Waals surface area contributed by atoms with Gasteiger partial charge in [-0.3, -0.25) is 19.2 Å². The molecule has 51 heavy (non-hydrogen) atoms. The summed E-state index contributed by atoms with van der Waals surface area (Å²) >= 11 is 0. The Kier molecular flexibility index (Phi) is 12.9. The lowest BCUT2D eigenvalue weighted by Gasteiger charge is -2.26. The van der Waals surface area contributed by atoms with Crippen molar-refractivity contribution >= 4 is 52.5 Å². The van der Waals surface area contributed by atoms with E-state index in [4.69, 9.17) is 19.3 Å². The zero-order valence-electron chi connectivity index (χ0n) is 28.6. The summed E-state index contributed by atoms with van der Waals surface area (Å²) in [5, 5.41) is 14.1. The van der Waals surface area contributed by atoms with E-state index in [9.17, 15) is 24.0 Å². The van der Waals surface area contributed by atoms with Gasteiger partial charge in [-0.05, 0) is 54.1 Å². The van der Waals surface area contributed by atoms with Crippen LogP contribution in [0.25, 0.3) is 0 Å². The highest BCUT2D eigenvalue weighted by Crippen LogP contribution is 2.32. The van der Waals surface area contributed by atoms with Crippen LogP contribution in [0.3, 0.4) is 0 Å². The van der Waals surface area contributed by atoms with Crippen LogP contribution in [0, 0.1) is 0 Å². The molecule has 4 rings (SSSR count). The van der Waals surface area contributed by atoms with Crippen molar-refractivity contribution in [2.45, 2.75) is 6.42 Å². The Morgan fingerprint density at radius 3 is 2.14 bits per heavy atom. The van der Waals surface area contributed by atoms with Gasteiger partial charge in [0, 0.05) is 43.3 Å². The standard InChI is InChI=1S/C37H39N5O9/c1-40(27-12-6-5-7-13-27)34(44)23-42(33(43)22-38-37(48)39-26-11-8-10-25(18-26)19-36(46)47)28-14-9-15-30(20-28)51-24-35(45)41(2)31-21-29(49-3)16-17-32(31)50-4/h5-18,20-21H,19,22-24H2,1-4H3,(H,46,47)(H2,38,39,48). The molecule has 0 bridgehead atoms. The van der Waals surface area contributed by atoms with Crippen LogP contribution in [0.1, 0.15) is 5.56 Å². The number of carboxylic acid groups (broad SMARTS) is 1. The van der Waals surface area contributed by atoms with Gasteiger partial charge in [0.2, 0.25) is 11.8 Å². The topological polar surface area (TPSA) is 167 Å². The van der Waals surface area contributed by atoms with Crippen molar-refractivity contribution in [3.8, 4) is 17.2 Å². The number of nitrogens with one attached hydrogen (secondary N) is 2. The number of amides is 5. The van der Waals surface area contributed by atoms with E-state index in [2.05, 4.69) is 10.6 Å². The summed E-state index contributed by atoms with van der Waals surface area (Å²) in [6, 6.07) is 25.9. The third-order valence-corrected chi connectivity index (χ3v) is 7.67. The fourth-order valence-electron chi connectivity index (χ4n) is 4.90. The Bertz CT molecular complexity index is 1870. The molecule has 0 saturated carbocycles. The van der Waals surface area contributed by atoms with E-state index in [0.717, 1.165) is 0 Å². The van der Waals surface area contributed by atoms with Gasteiger partial charge in [-0.15, -0.1) is 0 Å². The number of hydrogen-bond acceptors (Lipinski definition) is 8. The maximum absolute atomic E-state index is 13.6. The number of anilines is 4. The summed E-state index contributed by atoms with van der Waals surface area (Å²) in [7, 11) is 6.17. The Balaban J connectivity index is 1.49. The molecular formula is C37H39N5O9. The summed E-state index contributed by atoms with van der Waals surface area (Å²) in [5.74, 6) is -1.20. The number of benzene rings is 4. The normalized spacial score (nSPS) is 10.4. The van der Waals surface area contributed by atoms with E-state index in [1.807, 2.05) is 6.07 Å². The average molecular weight is 698 g/mol. The number of urea groups is 1. The fraction of sp³-hybridized carbons (Fsp3) is 0.216. The van der Waals surface area contributed by atoms with Crippen LogP contribution >= 0.6 is 0 Å².